The molecule has 0 atom stereocenters. The van der Waals surface area contributed by atoms with Crippen molar-refractivity contribution < 1.29 is 17.9 Å². The van der Waals surface area contributed by atoms with Crippen LogP contribution in [0.15, 0.2) is 48.5 Å². The number of benzene rings is 2. The molecule has 0 aliphatic rings. The highest BCUT2D eigenvalue weighted by Crippen LogP contribution is 2.28. The van der Waals surface area contributed by atoms with Gasteiger partial charge in [-0.2, -0.15) is 0 Å². The molecule has 2 rings (SSSR count). The summed E-state index contributed by atoms with van der Waals surface area (Å²) in [5.74, 6) is 0.206. The van der Waals surface area contributed by atoms with Gasteiger partial charge in [0.15, 0.2) is 5.78 Å². The second kappa shape index (κ2) is 6.62. The van der Waals surface area contributed by atoms with Crippen LogP contribution in [0.4, 0.5) is 5.69 Å². The van der Waals surface area contributed by atoms with Crippen LogP contribution in [-0.2, 0) is 16.6 Å². The number of carbonyl (C=O) groups is 1. The van der Waals surface area contributed by atoms with Crippen LogP contribution in [0.3, 0.4) is 0 Å². The van der Waals surface area contributed by atoms with E-state index in [1.54, 1.807) is 12.1 Å². The van der Waals surface area contributed by atoms with Crippen LogP contribution in [0, 0.1) is 0 Å². The van der Waals surface area contributed by atoms with Crippen LogP contribution < -0.4 is 9.46 Å². The van der Waals surface area contributed by atoms with E-state index in [9.17, 15) is 13.2 Å². The molecule has 22 heavy (non-hydrogen) atoms. The summed E-state index contributed by atoms with van der Waals surface area (Å²) in [6, 6.07) is 14.1. The molecule has 0 fully saturated rings. The molecule has 116 valence electrons. The van der Waals surface area contributed by atoms with Gasteiger partial charge < -0.3 is 4.74 Å². The van der Waals surface area contributed by atoms with Gasteiger partial charge in [-0.25, -0.2) is 8.42 Å². The molecule has 0 saturated heterocycles. The third-order valence-corrected chi connectivity index (χ3v) is 3.51. The molecule has 0 aliphatic heterocycles. The zero-order chi connectivity index (χ0) is 16.2. The van der Waals surface area contributed by atoms with E-state index in [2.05, 4.69) is 4.72 Å². The molecule has 0 aromatic heterocycles. The summed E-state index contributed by atoms with van der Waals surface area (Å²) in [7, 11) is -3.43. The lowest BCUT2D eigenvalue weighted by molar-refractivity contribution is 0.101. The van der Waals surface area contributed by atoms with Gasteiger partial charge in [0.25, 0.3) is 0 Å². The molecular weight excluding hydrogens is 302 g/mol. The lowest BCUT2D eigenvalue weighted by Crippen LogP contribution is -2.11. The number of hydrogen-bond donors (Lipinski definition) is 1. The Morgan fingerprint density at radius 3 is 2.41 bits per heavy atom. The van der Waals surface area contributed by atoms with Crippen molar-refractivity contribution in [2.75, 3.05) is 11.0 Å². The molecule has 0 heterocycles. The van der Waals surface area contributed by atoms with Crippen molar-refractivity contribution in [3.05, 3.63) is 59.7 Å². The summed E-state index contributed by atoms with van der Waals surface area (Å²) >= 11 is 0. The maximum absolute atomic E-state index is 11.5. The first kappa shape index (κ1) is 16.0. The quantitative estimate of drug-likeness (QED) is 0.831. The number of rotatable bonds is 6. The molecule has 0 spiro atoms. The fraction of sp³-hybridized carbons (Fsp3) is 0.188. The van der Waals surface area contributed by atoms with Crippen molar-refractivity contribution in [1.29, 1.82) is 0 Å². The van der Waals surface area contributed by atoms with Crippen molar-refractivity contribution >= 4 is 21.5 Å². The third-order valence-electron chi connectivity index (χ3n) is 2.92. The van der Waals surface area contributed by atoms with E-state index in [0.717, 1.165) is 11.8 Å². The van der Waals surface area contributed by atoms with Gasteiger partial charge in [0.2, 0.25) is 10.0 Å². The number of anilines is 1. The molecule has 0 unspecified atom stereocenters. The molecule has 0 amide bonds. The summed E-state index contributed by atoms with van der Waals surface area (Å²) < 4.78 is 30.9. The van der Waals surface area contributed by atoms with Crippen molar-refractivity contribution in [2.45, 2.75) is 13.5 Å². The number of Topliss-reactive ketones (excluding diaryl/α,β-unsaturated/α-hetero) is 1. The molecule has 0 radical (unpaired) electrons. The lowest BCUT2D eigenvalue weighted by Gasteiger charge is -2.13. The van der Waals surface area contributed by atoms with Gasteiger partial charge >= 0.3 is 0 Å². The summed E-state index contributed by atoms with van der Waals surface area (Å²) in [4.78, 5) is 11.5. The van der Waals surface area contributed by atoms with Crippen molar-refractivity contribution in [3.8, 4) is 5.75 Å². The molecule has 2 aromatic rings. The lowest BCUT2D eigenvalue weighted by atomic mass is 10.1. The Morgan fingerprint density at radius 1 is 1.14 bits per heavy atom. The molecule has 5 nitrogen and oxygen atoms in total. The zero-order valence-corrected chi connectivity index (χ0v) is 13.2. The summed E-state index contributed by atoms with van der Waals surface area (Å²) in [5, 5.41) is 0. The van der Waals surface area contributed by atoms with E-state index in [4.69, 9.17) is 4.74 Å². The number of carbonyl (C=O) groups excluding carboxylic acids is 1. The van der Waals surface area contributed by atoms with E-state index >= 15 is 0 Å². The van der Waals surface area contributed by atoms with Crippen LogP contribution >= 0.6 is 0 Å². The van der Waals surface area contributed by atoms with Crippen LogP contribution in [0.1, 0.15) is 22.8 Å². The molecule has 0 bridgehead atoms. The number of hydrogen-bond acceptors (Lipinski definition) is 4. The molecule has 0 saturated carbocycles. The minimum absolute atomic E-state index is 0.115. The maximum atomic E-state index is 11.5. The van der Waals surface area contributed by atoms with Gasteiger partial charge in [0.05, 0.1) is 11.9 Å². The van der Waals surface area contributed by atoms with Crippen molar-refractivity contribution in [1.82, 2.24) is 0 Å². The molecule has 6 heteroatoms. The summed E-state index contributed by atoms with van der Waals surface area (Å²) in [6.45, 7) is 1.72. The topological polar surface area (TPSA) is 72.5 Å². The van der Waals surface area contributed by atoms with Gasteiger partial charge in [-0.05, 0) is 30.7 Å². The first-order chi connectivity index (χ1) is 10.3. The Balaban J connectivity index is 2.28. The number of nitrogens with one attached hydrogen (secondary N) is 1. The zero-order valence-electron chi connectivity index (χ0n) is 12.4. The summed E-state index contributed by atoms with van der Waals surface area (Å²) in [6.07, 6.45) is 1.06. The highest BCUT2D eigenvalue weighted by Gasteiger charge is 2.11. The van der Waals surface area contributed by atoms with E-state index in [-0.39, 0.29) is 12.4 Å². The van der Waals surface area contributed by atoms with Crippen molar-refractivity contribution in [3.63, 3.8) is 0 Å². The fourth-order valence-corrected chi connectivity index (χ4v) is 2.45. The Morgan fingerprint density at radius 2 is 1.82 bits per heavy atom. The number of ketones is 1. The second-order valence-electron chi connectivity index (χ2n) is 4.92. The van der Waals surface area contributed by atoms with Crippen molar-refractivity contribution in [2.24, 2.45) is 0 Å². The van der Waals surface area contributed by atoms with Gasteiger partial charge in [-0.1, -0.05) is 30.3 Å². The minimum Gasteiger partial charge on any atom is -0.487 e. The summed E-state index contributed by atoms with van der Waals surface area (Å²) in [5.41, 5.74) is 1.71. The van der Waals surface area contributed by atoms with Gasteiger partial charge in [-0.3, -0.25) is 9.52 Å². The van der Waals surface area contributed by atoms with Gasteiger partial charge in [0, 0.05) is 5.56 Å². The Labute approximate surface area is 130 Å². The Hall–Kier alpha value is -2.34. The van der Waals surface area contributed by atoms with Gasteiger partial charge in [0.1, 0.15) is 12.4 Å². The van der Waals surface area contributed by atoms with Crippen LogP contribution in [0.5, 0.6) is 5.75 Å². The van der Waals surface area contributed by atoms with Gasteiger partial charge in [-0.15, -0.1) is 0 Å². The van der Waals surface area contributed by atoms with Crippen LogP contribution in [0.25, 0.3) is 0 Å². The normalized spacial score (nSPS) is 11.0. The van der Waals surface area contributed by atoms with E-state index in [1.807, 2.05) is 30.3 Å². The standard InChI is InChI=1S/C16H17NO4S/c1-12(18)14-8-9-15(17-22(2,19)20)16(10-14)21-11-13-6-4-3-5-7-13/h3-10,17H,11H2,1-2H3. The first-order valence-electron chi connectivity index (χ1n) is 6.64. The predicted molar refractivity (Wildman–Crippen MR) is 85.7 cm³/mol. The molecule has 2 aromatic carbocycles. The second-order valence-corrected chi connectivity index (χ2v) is 6.66. The average Bonchev–Trinajstić information content (AvgIpc) is 2.45. The van der Waals surface area contributed by atoms with E-state index in [0.29, 0.717) is 17.0 Å². The number of ether oxygens (including phenoxy) is 1. The van der Waals surface area contributed by atoms with E-state index in [1.165, 1.54) is 13.0 Å². The van der Waals surface area contributed by atoms with Crippen LogP contribution in [-0.4, -0.2) is 20.5 Å². The highest BCUT2D eigenvalue weighted by molar-refractivity contribution is 7.92. The minimum atomic E-state index is -3.43. The van der Waals surface area contributed by atoms with Crippen LogP contribution in [0.2, 0.25) is 0 Å². The maximum Gasteiger partial charge on any atom is 0.229 e. The molecule has 0 aliphatic carbocycles. The molecule has 1 N–H and O–H groups in total. The average molecular weight is 319 g/mol. The first-order valence-corrected chi connectivity index (χ1v) is 8.54. The number of sulfonamides is 1. The smallest absolute Gasteiger partial charge is 0.229 e. The van der Waals surface area contributed by atoms with E-state index < -0.39 is 10.0 Å². The highest BCUT2D eigenvalue weighted by atomic mass is 32.2. The SMILES string of the molecule is CC(=O)c1ccc(NS(C)(=O)=O)c(OCc2ccccc2)c1. The Kier molecular flexibility index (Phi) is 4.82. The third kappa shape index (κ3) is 4.60. The fourth-order valence-electron chi connectivity index (χ4n) is 1.88. The largest absolute Gasteiger partial charge is 0.487 e. The Bertz CT molecular complexity index is 770. The predicted octanol–water partition coefficient (Wildman–Crippen LogP) is 2.84. The monoisotopic (exact) mass is 319 g/mol. The molecular formula is C16H17NO4S.